The van der Waals surface area contributed by atoms with E-state index in [1.165, 1.54) is 12.3 Å². The first-order chi connectivity index (χ1) is 16.2. The second-order valence-electron chi connectivity index (χ2n) is 8.87. The minimum Gasteiger partial charge on any atom is -0.350 e. The molecule has 1 aliphatic heterocycles. The summed E-state index contributed by atoms with van der Waals surface area (Å²) in [6.45, 7) is 8.19. The fourth-order valence-corrected chi connectivity index (χ4v) is 4.25. The molecule has 178 valence electrons. The van der Waals surface area contributed by atoms with E-state index in [1.54, 1.807) is 10.9 Å². The van der Waals surface area contributed by atoms with Crippen molar-refractivity contribution < 1.29 is 13.2 Å². The van der Waals surface area contributed by atoms with Gasteiger partial charge in [-0.05, 0) is 38.5 Å². The van der Waals surface area contributed by atoms with Crippen LogP contribution in [0, 0.1) is 0 Å². The maximum absolute atomic E-state index is 12.7. The van der Waals surface area contributed by atoms with E-state index in [-0.39, 0.29) is 0 Å². The van der Waals surface area contributed by atoms with Gasteiger partial charge in [-0.2, -0.15) is 23.3 Å². The van der Waals surface area contributed by atoms with Crippen LogP contribution in [0.15, 0.2) is 43.0 Å². The summed E-state index contributed by atoms with van der Waals surface area (Å²) in [7, 11) is 0. The Morgan fingerprint density at radius 1 is 1.12 bits per heavy atom. The van der Waals surface area contributed by atoms with Crippen molar-refractivity contribution in [2.45, 2.75) is 52.1 Å². The number of rotatable bonds is 6. The molecule has 8 nitrogen and oxygen atoms in total. The molecular formula is C23H25F3N8. The van der Waals surface area contributed by atoms with Crippen LogP contribution in [-0.2, 0) is 19.3 Å². The first-order valence-electron chi connectivity index (χ1n) is 11.1. The lowest BCUT2D eigenvalue weighted by Gasteiger charge is -2.36. The number of halogens is 3. The highest BCUT2D eigenvalue weighted by Crippen LogP contribution is 2.35. The van der Waals surface area contributed by atoms with Crippen LogP contribution in [0.1, 0.15) is 43.6 Å². The Morgan fingerprint density at radius 2 is 1.94 bits per heavy atom. The van der Waals surface area contributed by atoms with E-state index < -0.39 is 11.9 Å². The molecule has 0 saturated carbocycles. The molecule has 1 atom stereocenters. The van der Waals surface area contributed by atoms with Crippen LogP contribution >= 0.6 is 0 Å². The average molecular weight is 471 g/mol. The van der Waals surface area contributed by atoms with Gasteiger partial charge < -0.3 is 14.8 Å². The summed E-state index contributed by atoms with van der Waals surface area (Å²) in [6, 6.07) is 5.07. The van der Waals surface area contributed by atoms with Gasteiger partial charge in [0, 0.05) is 49.3 Å². The third-order valence-electron chi connectivity index (χ3n) is 5.97. The van der Waals surface area contributed by atoms with E-state index in [0.717, 1.165) is 35.0 Å². The molecule has 11 heteroatoms. The Hall–Kier alpha value is -3.63. The topological polar surface area (TPSA) is 76.7 Å². The van der Waals surface area contributed by atoms with Crippen molar-refractivity contribution >= 4 is 22.8 Å². The molecule has 4 aromatic heterocycles. The summed E-state index contributed by atoms with van der Waals surface area (Å²) in [4.78, 5) is 15.3. The average Bonchev–Trinajstić information content (AvgIpc) is 3.42. The standard InChI is InChI=1S/C23H25F3N8/c1-14(2)34-11-15(3)33-7-6-18-20(33)21(34)31-22(30-18)28-9-17-10-29-32(13-17)12-16-4-5-19(27-8-16)23(24,25)26/h4-8,10,13-15H,9,11-12H2,1-3H3,(H,28,30,31)/t15-/m0/s1. The zero-order valence-electron chi connectivity index (χ0n) is 19.1. The first kappa shape index (κ1) is 22.2. The number of aromatic nitrogens is 6. The predicted molar refractivity (Wildman–Crippen MR) is 123 cm³/mol. The molecule has 0 aromatic carbocycles. The number of hydrogen-bond acceptors (Lipinski definition) is 6. The van der Waals surface area contributed by atoms with Crippen molar-refractivity contribution in [1.82, 2.24) is 29.3 Å². The van der Waals surface area contributed by atoms with Gasteiger partial charge in [0.05, 0.1) is 18.3 Å². The summed E-state index contributed by atoms with van der Waals surface area (Å²) in [6.07, 6.45) is 2.40. The first-order valence-corrected chi connectivity index (χ1v) is 11.1. The highest BCUT2D eigenvalue weighted by molar-refractivity contribution is 5.89. The van der Waals surface area contributed by atoms with Crippen molar-refractivity contribution in [2.24, 2.45) is 0 Å². The third-order valence-corrected chi connectivity index (χ3v) is 5.97. The second kappa shape index (κ2) is 8.30. The summed E-state index contributed by atoms with van der Waals surface area (Å²) < 4.78 is 42.0. The smallest absolute Gasteiger partial charge is 0.350 e. The molecule has 5 heterocycles. The third kappa shape index (κ3) is 4.17. The second-order valence-corrected chi connectivity index (χ2v) is 8.87. The van der Waals surface area contributed by atoms with Gasteiger partial charge in [-0.3, -0.25) is 9.67 Å². The van der Waals surface area contributed by atoms with Crippen molar-refractivity contribution in [1.29, 1.82) is 0 Å². The molecule has 0 spiro atoms. The molecule has 0 radical (unpaired) electrons. The van der Waals surface area contributed by atoms with Gasteiger partial charge in [-0.1, -0.05) is 6.07 Å². The number of nitrogens with one attached hydrogen (secondary N) is 1. The van der Waals surface area contributed by atoms with Crippen molar-refractivity contribution in [3.8, 4) is 0 Å². The monoisotopic (exact) mass is 470 g/mol. The highest BCUT2D eigenvalue weighted by Gasteiger charge is 2.32. The molecule has 4 aromatic rings. The minimum absolute atomic E-state index is 0.315. The van der Waals surface area contributed by atoms with E-state index in [0.29, 0.717) is 36.7 Å². The van der Waals surface area contributed by atoms with E-state index >= 15 is 0 Å². The van der Waals surface area contributed by atoms with Gasteiger partial charge in [0.15, 0.2) is 5.82 Å². The van der Waals surface area contributed by atoms with Crippen LogP contribution in [0.3, 0.4) is 0 Å². The number of hydrogen-bond donors (Lipinski definition) is 1. The number of alkyl halides is 3. The number of pyridine rings is 1. The molecule has 1 aliphatic rings. The van der Waals surface area contributed by atoms with Gasteiger partial charge in [0.25, 0.3) is 0 Å². The molecule has 0 fully saturated rings. The zero-order chi connectivity index (χ0) is 24.0. The maximum atomic E-state index is 12.7. The molecular weight excluding hydrogens is 445 g/mol. The predicted octanol–water partition coefficient (Wildman–Crippen LogP) is 4.49. The zero-order valence-corrected chi connectivity index (χ0v) is 19.1. The van der Waals surface area contributed by atoms with Crippen LogP contribution in [0.5, 0.6) is 0 Å². The van der Waals surface area contributed by atoms with Crippen LogP contribution in [0.2, 0.25) is 0 Å². The van der Waals surface area contributed by atoms with Crippen LogP contribution in [0.4, 0.5) is 24.9 Å². The normalized spacial score (nSPS) is 16.0. The summed E-state index contributed by atoms with van der Waals surface area (Å²) in [5.74, 6) is 1.47. The number of nitrogens with zero attached hydrogens (tertiary/aromatic N) is 7. The van der Waals surface area contributed by atoms with Crippen LogP contribution in [-0.4, -0.2) is 41.9 Å². The fourth-order valence-electron chi connectivity index (χ4n) is 4.25. The van der Waals surface area contributed by atoms with Crippen molar-refractivity contribution in [3.05, 3.63) is 59.8 Å². The van der Waals surface area contributed by atoms with Crippen molar-refractivity contribution in [2.75, 3.05) is 16.8 Å². The van der Waals surface area contributed by atoms with E-state index in [1.807, 2.05) is 12.3 Å². The molecule has 0 unspecified atom stereocenters. The summed E-state index contributed by atoms with van der Waals surface area (Å²) in [5.41, 5.74) is 2.59. The van der Waals surface area contributed by atoms with Crippen LogP contribution < -0.4 is 10.2 Å². The molecule has 34 heavy (non-hydrogen) atoms. The van der Waals surface area contributed by atoms with E-state index in [9.17, 15) is 13.2 Å². The number of anilines is 2. The molecule has 0 amide bonds. The van der Waals surface area contributed by atoms with Crippen LogP contribution in [0.25, 0.3) is 11.0 Å². The fraction of sp³-hybridized carbons (Fsp3) is 0.391. The molecule has 1 N–H and O–H groups in total. The minimum atomic E-state index is -4.44. The summed E-state index contributed by atoms with van der Waals surface area (Å²) >= 11 is 0. The van der Waals surface area contributed by atoms with E-state index in [4.69, 9.17) is 4.98 Å². The molecule has 0 saturated heterocycles. The molecule has 0 bridgehead atoms. The van der Waals surface area contributed by atoms with Gasteiger partial charge in [0.2, 0.25) is 5.95 Å². The van der Waals surface area contributed by atoms with Gasteiger partial charge >= 0.3 is 6.18 Å². The Labute approximate surface area is 194 Å². The van der Waals surface area contributed by atoms with Gasteiger partial charge in [-0.15, -0.1) is 0 Å². The summed E-state index contributed by atoms with van der Waals surface area (Å²) in [5, 5.41) is 7.59. The van der Waals surface area contributed by atoms with E-state index in [2.05, 4.69) is 56.8 Å². The van der Waals surface area contributed by atoms with Gasteiger partial charge in [-0.25, -0.2) is 4.98 Å². The molecule has 0 aliphatic carbocycles. The Bertz CT molecular complexity index is 1310. The van der Waals surface area contributed by atoms with Crippen molar-refractivity contribution in [3.63, 3.8) is 0 Å². The quantitative estimate of drug-likeness (QED) is 0.448. The largest absolute Gasteiger partial charge is 0.433 e. The molecule has 5 rings (SSSR count). The Morgan fingerprint density at radius 3 is 2.65 bits per heavy atom. The maximum Gasteiger partial charge on any atom is 0.433 e. The lowest BCUT2D eigenvalue weighted by molar-refractivity contribution is -0.141. The lowest BCUT2D eigenvalue weighted by atomic mass is 10.2. The SMILES string of the molecule is CC(C)N1C[C@H](C)n2ccc3nc(NCc4cnn(Cc5ccc(C(F)(F)F)nc5)c4)nc1c32. The van der Waals surface area contributed by atoms with Gasteiger partial charge in [0.1, 0.15) is 11.2 Å². The highest BCUT2D eigenvalue weighted by atomic mass is 19.4. The lowest BCUT2D eigenvalue weighted by Crippen LogP contribution is -2.39. The Kier molecular flexibility index (Phi) is 5.41. The Balaban J connectivity index is 1.30.